The first-order valence-corrected chi connectivity index (χ1v) is 5.69. The van der Waals surface area contributed by atoms with Gasteiger partial charge < -0.3 is 5.73 Å². The zero-order valence-electron chi connectivity index (χ0n) is 9.81. The van der Waals surface area contributed by atoms with Gasteiger partial charge in [-0.2, -0.15) is 5.10 Å². The molecule has 0 unspecified atom stereocenters. The molecule has 0 fully saturated rings. The summed E-state index contributed by atoms with van der Waals surface area (Å²) in [5, 5.41) is 6.53. The number of nitrogen functional groups attached to an aromatic ring is 1. The standard InChI is InChI=1S/C12H16N4O/c1-2-6-16-11(14-15-12(16)17)8-9-4-3-5-10(13)7-9/h3-5,7H,2,6,8,13H2,1H3,(H,15,17). The van der Waals surface area contributed by atoms with Crippen LogP contribution in [0.2, 0.25) is 0 Å². The molecule has 1 aromatic carbocycles. The number of benzene rings is 1. The highest BCUT2D eigenvalue weighted by atomic mass is 16.1. The fraction of sp³-hybridized carbons (Fsp3) is 0.333. The molecule has 0 bridgehead atoms. The fourth-order valence-corrected chi connectivity index (χ4v) is 1.83. The van der Waals surface area contributed by atoms with Crippen LogP contribution in [0.3, 0.4) is 0 Å². The second-order valence-corrected chi connectivity index (χ2v) is 4.02. The van der Waals surface area contributed by atoms with E-state index in [0.717, 1.165) is 23.5 Å². The molecule has 1 heterocycles. The molecule has 0 spiro atoms. The molecule has 0 amide bonds. The summed E-state index contributed by atoms with van der Waals surface area (Å²) in [6, 6.07) is 7.62. The molecule has 0 aliphatic rings. The molecule has 2 aromatic rings. The van der Waals surface area contributed by atoms with Gasteiger partial charge in [-0.1, -0.05) is 19.1 Å². The third kappa shape index (κ3) is 2.55. The number of nitrogens with one attached hydrogen (secondary N) is 1. The van der Waals surface area contributed by atoms with Crippen molar-refractivity contribution >= 4 is 5.69 Å². The maximum Gasteiger partial charge on any atom is 0.343 e. The summed E-state index contributed by atoms with van der Waals surface area (Å²) in [6.45, 7) is 2.72. The van der Waals surface area contributed by atoms with Crippen LogP contribution in [-0.2, 0) is 13.0 Å². The van der Waals surface area contributed by atoms with Gasteiger partial charge in [0.2, 0.25) is 0 Å². The smallest absolute Gasteiger partial charge is 0.343 e. The first kappa shape index (κ1) is 11.4. The molecule has 0 aliphatic carbocycles. The number of nitrogens with zero attached hydrogens (tertiary/aromatic N) is 2. The largest absolute Gasteiger partial charge is 0.399 e. The van der Waals surface area contributed by atoms with E-state index in [-0.39, 0.29) is 5.69 Å². The number of rotatable bonds is 4. The molecule has 1 aromatic heterocycles. The second kappa shape index (κ2) is 4.86. The summed E-state index contributed by atoms with van der Waals surface area (Å²) in [7, 11) is 0. The number of hydrogen-bond acceptors (Lipinski definition) is 3. The van der Waals surface area contributed by atoms with Gasteiger partial charge in [-0.3, -0.25) is 4.57 Å². The van der Waals surface area contributed by atoms with E-state index in [1.807, 2.05) is 31.2 Å². The first-order chi connectivity index (χ1) is 8.20. The lowest BCUT2D eigenvalue weighted by atomic mass is 10.1. The second-order valence-electron chi connectivity index (χ2n) is 4.02. The number of nitrogens with two attached hydrogens (primary N) is 1. The molecule has 90 valence electrons. The van der Waals surface area contributed by atoms with E-state index < -0.39 is 0 Å². The molecular weight excluding hydrogens is 216 g/mol. The minimum atomic E-state index is -0.147. The average molecular weight is 232 g/mol. The van der Waals surface area contributed by atoms with Gasteiger partial charge >= 0.3 is 5.69 Å². The Labute approximate surface area is 99.3 Å². The van der Waals surface area contributed by atoms with Crippen LogP contribution in [-0.4, -0.2) is 14.8 Å². The van der Waals surface area contributed by atoms with E-state index in [0.29, 0.717) is 13.0 Å². The summed E-state index contributed by atoms with van der Waals surface area (Å²) in [6.07, 6.45) is 1.52. The van der Waals surface area contributed by atoms with Crippen molar-refractivity contribution < 1.29 is 0 Å². The Morgan fingerprint density at radius 2 is 2.29 bits per heavy atom. The number of anilines is 1. The molecular formula is C12H16N4O. The summed E-state index contributed by atoms with van der Waals surface area (Å²) in [5.74, 6) is 0.752. The molecule has 3 N–H and O–H groups in total. The highest BCUT2D eigenvalue weighted by molar-refractivity contribution is 5.41. The average Bonchev–Trinajstić information content (AvgIpc) is 2.62. The van der Waals surface area contributed by atoms with Crippen LogP contribution in [0.25, 0.3) is 0 Å². The fourth-order valence-electron chi connectivity index (χ4n) is 1.83. The molecule has 0 atom stereocenters. The van der Waals surface area contributed by atoms with Gasteiger partial charge in [-0.25, -0.2) is 9.89 Å². The van der Waals surface area contributed by atoms with Crippen molar-refractivity contribution in [3.8, 4) is 0 Å². The van der Waals surface area contributed by atoms with Crippen LogP contribution in [0.4, 0.5) is 5.69 Å². The van der Waals surface area contributed by atoms with E-state index in [9.17, 15) is 4.79 Å². The van der Waals surface area contributed by atoms with E-state index in [1.54, 1.807) is 4.57 Å². The lowest BCUT2D eigenvalue weighted by Crippen LogP contribution is -2.18. The van der Waals surface area contributed by atoms with Crippen LogP contribution in [0.5, 0.6) is 0 Å². The maximum atomic E-state index is 11.5. The van der Waals surface area contributed by atoms with E-state index in [4.69, 9.17) is 5.73 Å². The topological polar surface area (TPSA) is 76.7 Å². The van der Waals surface area contributed by atoms with E-state index in [1.165, 1.54) is 0 Å². The van der Waals surface area contributed by atoms with Crippen LogP contribution in [0.15, 0.2) is 29.1 Å². The molecule has 17 heavy (non-hydrogen) atoms. The van der Waals surface area contributed by atoms with Crippen LogP contribution in [0, 0.1) is 0 Å². The van der Waals surface area contributed by atoms with Gasteiger partial charge in [-0.05, 0) is 24.1 Å². The Balaban J connectivity index is 2.27. The highest BCUT2D eigenvalue weighted by Gasteiger charge is 2.08. The first-order valence-electron chi connectivity index (χ1n) is 5.69. The van der Waals surface area contributed by atoms with E-state index in [2.05, 4.69) is 10.2 Å². The van der Waals surface area contributed by atoms with Crippen molar-refractivity contribution in [3.05, 3.63) is 46.1 Å². The zero-order valence-corrected chi connectivity index (χ0v) is 9.81. The summed E-state index contributed by atoms with van der Waals surface area (Å²) < 4.78 is 1.67. The van der Waals surface area contributed by atoms with Gasteiger partial charge in [0.1, 0.15) is 5.82 Å². The van der Waals surface area contributed by atoms with E-state index >= 15 is 0 Å². The Kier molecular flexibility index (Phi) is 3.27. The molecule has 5 heteroatoms. The third-order valence-electron chi connectivity index (χ3n) is 2.60. The SMILES string of the molecule is CCCn1c(Cc2cccc(N)c2)n[nH]c1=O. The van der Waals surface area contributed by atoms with Crippen molar-refractivity contribution in [2.45, 2.75) is 26.3 Å². The molecule has 0 saturated heterocycles. The predicted octanol–water partition coefficient (Wildman–Crippen LogP) is 1.15. The Morgan fingerprint density at radius 1 is 1.47 bits per heavy atom. The van der Waals surface area contributed by atoms with Crippen molar-refractivity contribution in [2.75, 3.05) is 5.73 Å². The minimum Gasteiger partial charge on any atom is -0.399 e. The van der Waals surface area contributed by atoms with Crippen molar-refractivity contribution in [1.82, 2.24) is 14.8 Å². The normalized spacial score (nSPS) is 10.6. The van der Waals surface area contributed by atoms with Crippen LogP contribution in [0.1, 0.15) is 24.7 Å². The lowest BCUT2D eigenvalue weighted by molar-refractivity contribution is 0.628. The van der Waals surface area contributed by atoms with Gasteiger partial charge in [0.15, 0.2) is 0 Å². The van der Waals surface area contributed by atoms with Crippen molar-refractivity contribution in [3.63, 3.8) is 0 Å². The highest BCUT2D eigenvalue weighted by Crippen LogP contribution is 2.10. The quantitative estimate of drug-likeness (QED) is 0.776. The number of aromatic nitrogens is 3. The maximum absolute atomic E-state index is 11.5. The lowest BCUT2D eigenvalue weighted by Gasteiger charge is -2.04. The van der Waals surface area contributed by atoms with Crippen LogP contribution >= 0.6 is 0 Å². The number of hydrogen-bond donors (Lipinski definition) is 2. The summed E-state index contributed by atoms with van der Waals surface area (Å²) >= 11 is 0. The Morgan fingerprint density at radius 3 is 3.00 bits per heavy atom. The van der Waals surface area contributed by atoms with Gasteiger partial charge in [0, 0.05) is 18.7 Å². The molecule has 5 nitrogen and oxygen atoms in total. The summed E-state index contributed by atoms with van der Waals surface area (Å²) in [4.78, 5) is 11.5. The molecule has 0 aliphatic heterocycles. The molecule has 0 radical (unpaired) electrons. The monoisotopic (exact) mass is 232 g/mol. The Bertz CT molecular complexity index is 556. The summed E-state index contributed by atoms with van der Waals surface area (Å²) in [5.41, 5.74) is 7.35. The Hall–Kier alpha value is -2.04. The third-order valence-corrected chi connectivity index (χ3v) is 2.60. The van der Waals surface area contributed by atoms with Crippen LogP contribution < -0.4 is 11.4 Å². The number of aromatic amines is 1. The zero-order chi connectivity index (χ0) is 12.3. The number of H-pyrrole nitrogens is 1. The van der Waals surface area contributed by atoms with Crippen molar-refractivity contribution in [1.29, 1.82) is 0 Å². The van der Waals surface area contributed by atoms with Gasteiger partial charge in [-0.15, -0.1) is 0 Å². The van der Waals surface area contributed by atoms with Gasteiger partial charge in [0.25, 0.3) is 0 Å². The van der Waals surface area contributed by atoms with Crippen molar-refractivity contribution in [2.24, 2.45) is 0 Å². The molecule has 0 saturated carbocycles. The minimum absolute atomic E-state index is 0.147. The predicted molar refractivity (Wildman–Crippen MR) is 66.8 cm³/mol. The van der Waals surface area contributed by atoms with Gasteiger partial charge in [0.05, 0.1) is 0 Å². The molecule has 2 rings (SSSR count).